The third-order valence-corrected chi connectivity index (χ3v) is 5.75. The number of para-hydroxylation sites is 1. The van der Waals surface area contributed by atoms with E-state index in [1.165, 1.54) is 4.90 Å². The van der Waals surface area contributed by atoms with Gasteiger partial charge in [-0.3, -0.25) is 14.6 Å². The molecule has 6 heteroatoms. The van der Waals surface area contributed by atoms with Crippen LogP contribution in [0.1, 0.15) is 11.1 Å². The highest BCUT2D eigenvalue weighted by Crippen LogP contribution is 2.39. The van der Waals surface area contributed by atoms with E-state index >= 15 is 0 Å². The second kappa shape index (κ2) is 7.40. The number of anilines is 2. The van der Waals surface area contributed by atoms with Crippen LogP contribution in [0.5, 0.6) is 5.75 Å². The molecule has 0 bridgehead atoms. The van der Waals surface area contributed by atoms with E-state index < -0.39 is 12.0 Å². The van der Waals surface area contributed by atoms with Gasteiger partial charge in [-0.15, -0.1) is 0 Å². The van der Waals surface area contributed by atoms with Gasteiger partial charge < -0.3 is 4.74 Å². The zero-order chi connectivity index (χ0) is 21.5. The van der Waals surface area contributed by atoms with E-state index in [0.29, 0.717) is 17.1 Å². The van der Waals surface area contributed by atoms with Crippen LogP contribution in [-0.2, 0) is 9.59 Å². The van der Waals surface area contributed by atoms with Crippen molar-refractivity contribution in [3.05, 3.63) is 90.0 Å². The Morgan fingerprint density at radius 2 is 1.48 bits per heavy atom. The van der Waals surface area contributed by atoms with E-state index in [1.54, 1.807) is 12.1 Å². The first kappa shape index (κ1) is 19.1. The number of imide groups is 1. The lowest BCUT2D eigenvalue weighted by atomic mass is 9.92. The highest BCUT2D eigenvalue weighted by molar-refractivity contribution is 6.34. The summed E-state index contributed by atoms with van der Waals surface area (Å²) in [5.41, 5.74) is 3.80. The second-order valence-electron chi connectivity index (χ2n) is 7.66. The molecule has 0 saturated carbocycles. The normalized spacial score (nSPS) is 20.1. The van der Waals surface area contributed by atoms with Crippen LogP contribution >= 0.6 is 0 Å². The summed E-state index contributed by atoms with van der Waals surface area (Å²) in [5, 5.41) is 6.43. The molecule has 6 nitrogen and oxygen atoms in total. The fourth-order valence-corrected chi connectivity index (χ4v) is 4.16. The predicted octanol–water partition coefficient (Wildman–Crippen LogP) is 3.79. The molecular weight excluding hydrogens is 390 g/mol. The van der Waals surface area contributed by atoms with Crippen molar-refractivity contribution < 1.29 is 14.3 Å². The molecule has 154 valence electrons. The van der Waals surface area contributed by atoms with E-state index in [0.717, 1.165) is 16.8 Å². The number of ether oxygens (including phenoxy) is 1. The molecule has 2 aliphatic heterocycles. The minimum Gasteiger partial charge on any atom is -0.497 e. The predicted molar refractivity (Wildman–Crippen MR) is 119 cm³/mol. The maximum absolute atomic E-state index is 13.5. The first-order chi connectivity index (χ1) is 15.1. The van der Waals surface area contributed by atoms with Crippen LogP contribution in [0, 0.1) is 12.8 Å². The number of amides is 2. The third kappa shape index (κ3) is 3.08. The van der Waals surface area contributed by atoms with Gasteiger partial charge >= 0.3 is 0 Å². The molecule has 3 aromatic rings. The number of hydrogen-bond acceptors (Lipinski definition) is 5. The summed E-state index contributed by atoms with van der Waals surface area (Å²) in [5.74, 6) is -0.488. The topological polar surface area (TPSA) is 62.2 Å². The highest BCUT2D eigenvalue weighted by Gasteiger charge is 2.57. The molecule has 2 atom stereocenters. The van der Waals surface area contributed by atoms with Crippen LogP contribution in [0.15, 0.2) is 84.0 Å². The van der Waals surface area contributed by atoms with Crippen LogP contribution in [0.3, 0.4) is 0 Å². The zero-order valence-corrected chi connectivity index (χ0v) is 17.2. The fraction of sp³-hybridized carbons (Fsp3) is 0.160. The maximum atomic E-state index is 13.5. The van der Waals surface area contributed by atoms with Crippen LogP contribution in [0.4, 0.5) is 11.4 Å². The van der Waals surface area contributed by atoms with Crippen LogP contribution in [0.25, 0.3) is 0 Å². The van der Waals surface area contributed by atoms with Gasteiger partial charge in [0.1, 0.15) is 17.7 Å². The Morgan fingerprint density at radius 1 is 0.806 bits per heavy atom. The first-order valence-corrected chi connectivity index (χ1v) is 10.1. The molecule has 0 unspecified atom stereocenters. The van der Waals surface area contributed by atoms with Crippen molar-refractivity contribution in [2.24, 2.45) is 11.0 Å². The smallest absolute Gasteiger partial charge is 0.259 e. The number of carbonyl (C=O) groups excluding carboxylic acids is 2. The number of hydrazone groups is 1. The number of rotatable bonds is 4. The molecule has 2 amide bonds. The van der Waals surface area contributed by atoms with Gasteiger partial charge in [-0.2, -0.15) is 5.10 Å². The molecule has 5 rings (SSSR count). The van der Waals surface area contributed by atoms with Crippen molar-refractivity contribution in [3.8, 4) is 5.75 Å². The Bertz CT molecular complexity index is 1170. The molecule has 2 heterocycles. The standard InChI is InChI=1S/C25H21N3O3/c1-16-8-12-18(13-9-16)27-24(29)21-22(17-10-14-20(31-2)15-11-17)26-28(23(21)25(27)30)19-6-4-3-5-7-19/h3-15,21,23H,1-2H3/t21-,23-/m0/s1. The number of hydrogen-bond donors (Lipinski definition) is 0. The Balaban J connectivity index is 1.61. The van der Waals surface area contributed by atoms with E-state index in [9.17, 15) is 9.59 Å². The SMILES string of the molecule is COc1ccc(C2=NN(c3ccccc3)[C@@H]3C(=O)N(c4ccc(C)cc4)C(=O)[C@@H]23)cc1. The Morgan fingerprint density at radius 3 is 2.13 bits per heavy atom. The lowest BCUT2D eigenvalue weighted by Crippen LogP contribution is -2.39. The molecule has 0 radical (unpaired) electrons. The molecular formula is C25H21N3O3. The van der Waals surface area contributed by atoms with Crippen molar-refractivity contribution in [1.82, 2.24) is 0 Å². The summed E-state index contributed by atoms with van der Waals surface area (Å²) in [6, 6.07) is 23.6. The lowest BCUT2D eigenvalue weighted by Gasteiger charge is -2.22. The Hall–Kier alpha value is -3.93. The zero-order valence-electron chi connectivity index (χ0n) is 17.2. The molecule has 1 saturated heterocycles. The van der Waals surface area contributed by atoms with E-state index in [1.807, 2.05) is 85.8 Å². The van der Waals surface area contributed by atoms with Crippen molar-refractivity contribution in [3.63, 3.8) is 0 Å². The Kier molecular flexibility index (Phi) is 4.55. The molecule has 0 spiro atoms. The first-order valence-electron chi connectivity index (χ1n) is 10.1. The summed E-state index contributed by atoms with van der Waals surface area (Å²) in [6.45, 7) is 1.97. The van der Waals surface area contributed by atoms with Gasteiger partial charge in [0, 0.05) is 0 Å². The van der Waals surface area contributed by atoms with Crippen molar-refractivity contribution in [2.45, 2.75) is 13.0 Å². The summed E-state index contributed by atoms with van der Waals surface area (Å²) in [4.78, 5) is 28.3. The van der Waals surface area contributed by atoms with Gasteiger partial charge in [0.2, 0.25) is 5.91 Å². The van der Waals surface area contributed by atoms with Gasteiger partial charge in [0.25, 0.3) is 5.91 Å². The number of aryl methyl sites for hydroxylation is 1. The number of benzene rings is 3. The monoisotopic (exact) mass is 411 g/mol. The average Bonchev–Trinajstić information content (AvgIpc) is 3.32. The molecule has 3 aromatic carbocycles. The van der Waals surface area contributed by atoms with Crippen LogP contribution in [0.2, 0.25) is 0 Å². The molecule has 1 fully saturated rings. The molecule has 0 N–H and O–H groups in total. The van der Waals surface area contributed by atoms with Crippen molar-refractivity contribution in [1.29, 1.82) is 0 Å². The van der Waals surface area contributed by atoms with E-state index in [-0.39, 0.29) is 11.8 Å². The molecule has 31 heavy (non-hydrogen) atoms. The van der Waals surface area contributed by atoms with Gasteiger partial charge in [0.05, 0.1) is 24.2 Å². The van der Waals surface area contributed by atoms with Gasteiger partial charge in [-0.25, -0.2) is 4.90 Å². The van der Waals surface area contributed by atoms with Crippen molar-refractivity contribution in [2.75, 3.05) is 17.0 Å². The summed E-state index contributed by atoms with van der Waals surface area (Å²) in [6.07, 6.45) is 0. The number of carbonyl (C=O) groups is 2. The van der Waals surface area contributed by atoms with E-state index in [2.05, 4.69) is 0 Å². The average molecular weight is 411 g/mol. The van der Waals surface area contributed by atoms with Gasteiger partial charge in [-0.05, 0) is 61.0 Å². The minimum atomic E-state index is -0.715. The molecule has 2 aliphatic rings. The van der Waals surface area contributed by atoms with Crippen LogP contribution in [-0.4, -0.2) is 30.7 Å². The number of methoxy groups -OCH3 is 1. The summed E-state index contributed by atoms with van der Waals surface area (Å²) in [7, 11) is 1.61. The van der Waals surface area contributed by atoms with Gasteiger partial charge in [0.15, 0.2) is 0 Å². The highest BCUT2D eigenvalue weighted by atomic mass is 16.5. The second-order valence-corrected chi connectivity index (χ2v) is 7.66. The summed E-state index contributed by atoms with van der Waals surface area (Å²) < 4.78 is 5.25. The Labute approximate surface area is 180 Å². The number of nitrogens with zero attached hydrogens (tertiary/aromatic N) is 3. The maximum Gasteiger partial charge on any atom is 0.259 e. The molecule has 0 aliphatic carbocycles. The third-order valence-electron chi connectivity index (χ3n) is 5.75. The van der Waals surface area contributed by atoms with Crippen molar-refractivity contribution >= 4 is 28.9 Å². The van der Waals surface area contributed by atoms with Gasteiger partial charge in [-0.1, -0.05) is 35.9 Å². The van der Waals surface area contributed by atoms with Crippen LogP contribution < -0.4 is 14.6 Å². The quantitative estimate of drug-likeness (QED) is 0.613. The summed E-state index contributed by atoms with van der Waals surface area (Å²) >= 11 is 0. The van der Waals surface area contributed by atoms with E-state index in [4.69, 9.17) is 9.84 Å². The fourth-order valence-electron chi connectivity index (χ4n) is 4.16. The number of fused-ring (bicyclic) bond motifs is 1. The lowest BCUT2D eigenvalue weighted by molar-refractivity contribution is -0.121. The molecule has 0 aromatic heterocycles. The minimum absolute atomic E-state index is 0.258. The largest absolute Gasteiger partial charge is 0.497 e.